The fourth-order valence-electron chi connectivity index (χ4n) is 1.39. The van der Waals surface area contributed by atoms with Crippen LogP contribution in [0.25, 0.3) is 6.08 Å². The molecule has 68 valence electrons. The number of aliphatic hydroxyl groups excluding tert-OH is 2. The SMILES string of the molecule is O=c1ccoc2c1C(O)CC(O)=C2. The fraction of sp³-hybridized carbons (Fsp3) is 0.222. The van der Waals surface area contributed by atoms with Crippen LogP contribution in [0.5, 0.6) is 0 Å². The second-order valence-electron chi connectivity index (χ2n) is 2.92. The maximum absolute atomic E-state index is 11.3. The van der Waals surface area contributed by atoms with Gasteiger partial charge in [-0.15, -0.1) is 0 Å². The van der Waals surface area contributed by atoms with Crippen molar-refractivity contribution in [2.24, 2.45) is 0 Å². The van der Waals surface area contributed by atoms with E-state index in [1.165, 1.54) is 18.4 Å². The van der Waals surface area contributed by atoms with E-state index in [-0.39, 0.29) is 28.9 Å². The zero-order valence-electron chi connectivity index (χ0n) is 6.73. The molecule has 2 N–H and O–H groups in total. The Kier molecular flexibility index (Phi) is 1.70. The molecule has 0 saturated heterocycles. The van der Waals surface area contributed by atoms with Gasteiger partial charge in [0.05, 0.1) is 23.7 Å². The molecule has 2 rings (SSSR count). The standard InChI is InChI=1S/C9H8O4/c10-5-3-7(12)9-6(11)1-2-13-8(9)4-5/h1-2,4,7,10,12H,3H2. The molecule has 4 heteroatoms. The average molecular weight is 180 g/mol. The van der Waals surface area contributed by atoms with Gasteiger partial charge in [0.15, 0.2) is 5.43 Å². The molecule has 1 heterocycles. The predicted octanol–water partition coefficient (Wildman–Crippen LogP) is 0.976. The molecular weight excluding hydrogens is 172 g/mol. The highest BCUT2D eigenvalue weighted by molar-refractivity contribution is 5.52. The van der Waals surface area contributed by atoms with Gasteiger partial charge in [-0.1, -0.05) is 0 Å². The second-order valence-corrected chi connectivity index (χ2v) is 2.92. The first-order valence-electron chi connectivity index (χ1n) is 3.88. The number of aliphatic hydroxyl groups is 2. The van der Waals surface area contributed by atoms with Crippen LogP contribution in [0.2, 0.25) is 0 Å². The van der Waals surface area contributed by atoms with Crippen LogP contribution in [0.15, 0.2) is 27.3 Å². The summed E-state index contributed by atoms with van der Waals surface area (Å²) in [5, 5.41) is 18.6. The van der Waals surface area contributed by atoms with Crippen molar-refractivity contribution in [3.63, 3.8) is 0 Å². The molecule has 0 spiro atoms. The molecule has 4 nitrogen and oxygen atoms in total. The highest BCUT2D eigenvalue weighted by atomic mass is 16.3. The molecule has 0 aromatic carbocycles. The molecule has 0 saturated carbocycles. The zero-order valence-corrected chi connectivity index (χ0v) is 6.73. The number of rotatable bonds is 0. The Morgan fingerprint density at radius 2 is 2.31 bits per heavy atom. The van der Waals surface area contributed by atoms with Crippen LogP contribution in [0.3, 0.4) is 0 Å². The van der Waals surface area contributed by atoms with E-state index in [9.17, 15) is 9.90 Å². The van der Waals surface area contributed by atoms with E-state index in [0.29, 0.717) is 0 Å². The summed E-state index contributed by atoms with van der Waals surface area (Å²) in [6.07, 6.45) is 1.70. The van der Waals surface area contributed by atoms with Crippen LogP contribution in [0.4, 0.5) is 0 Å². The van der Waals surface area contributed by atoms with Crippen LogP contribution >= 0.6 is 0 Å². The molecule has 0 fully saturated rings. The van der Waals surface area contributed by atoms with E-state index < -0.39 is 6.10 Å². The number of hydrogen-bond donors (Lipinski definition) is 2. The third kappa shape index (κ3) is 1.25. The van der Waals surface area contributed by atoms with Gasteiger partial charge in [0, 0.05) is 18.6 Å². The van der Waals surface area contributed by atoms with Crippen LogP contribution in [0, 0.1) is 0 Å². The van der Waals surface area contributed by atoms with Gasteiger partial charge in [0.2, 0.25) is 0 Å². The van der Waals surface area contributed by atoms with Crippen molar-refractivity contribution in [3.8, 4) is 0 Å². The molecule has 1 atom stereocenters. The van der Waals surface area contributed by atoms with Gasteiger partial charge in [-0.05, 0) is 0 Å². The minimum atomic E-state index is -0.961. The van der Waals surface area contributed by atoms with E-state index in [0.717, 1.165) is 0 Å². The lowest BCUT2D eigenvalue weighted by molar-refractivity contribution is 0.154. The minimum absolute atomic E-state index is 0.0225. The maximum atomic E-state index is 11.3. The summed E-state index contributed by atoms with van der Waals surface area (Å²) in [7, 11) is 0. The van der Waals surface area contributed by atoms with Crippen molar-refractivity contribution in [2.45, 2.75) is 12.5 Å². The summed E-state index contributed by atoms with van der Waals surface area (Å²) in [6, 6.07) is 1.25. The normalized spacial score (nSPS) is 20.7. The monoisotopic (exact) mass is 180 g/mol. The van der Waals surface area contributed by atoms with Gasteiger partial charge in [-0.25, -0.2) is 0 Å². The third-order valence-electron chi connectivity index (χ3n) is 1.98. The lowest BCUT2D eigenvalue weighted by Crippen LogP contribution is -2.17. The molecule has 1 aromatic heterocycles. The smallest absolute Gasteiger partial charge is 0.191 e. The van der Waals surface area contributed by atoms with Crippen molar-refractivity contribution >= 4 is 6.08 Å². The van der Waals surface area contributed by atoms with Crippen molar-refractivity contribution in [2.75, 3.05) is 0 Å². The second kappa shape index (κ2) is 2.74. The molecule has 0 radical (unpaired) electrons. The van der Waals surface area contributed by atoms with Gasteiger partial charge in [-0.3, -0.25) is 4.79 Å². The van der Waals surface area contributed by atoms with Crippen LogP contribution in [0.1, 0.15) is 23.8 Å². The highest BCUT2D eigenvalue weighted by Crippen LogP contribution is 2.27. The summed E-state index contributed by atoms with van der Waals surface area (Å²) in [5.74, 6) is 0.262. The van der Waals surface area contributed by atoms with Crippen LogP contribution in [-0.4, -0.2) is 10.2 Å². The Morgan fingerprint density at radius 1 is 1.54 bits per heavy atom. The molecule has 0 amide bonds. The van der Waals surface area contributed by atoms with E-state index in [1.807, 2.05) is 0 Å². The van der Waals surface area contributed by atoms with Crippen molar-refractivity contribution in [3.05, 3.63) is 39.6 Å². The first-order chi connectivity index (χ1) is 6.18. The van der Waals surface area contributed by atoms with Crippen molar-refractivity contribution in [1.29, 1.82) is 0 Å². The van der Waals surface area contributed by atoms with Crippen LogP contribution in [-0.2, 0) is 0 Å². The summed E-state index contributed by atoms with van der Waals surface area (Å²) >= 11 is 0. The molecule has 1 aliphatic rings. The summed E-state index contributed by atoms with van der Waals surface area (Å²) in [5.41, 5.74) is -0.0437. The van der Waals surface area contributed by atoms with Crippen LogP contribution < -0.4 is 5.43 Å². The van der Waals surface area contributed by atoms with Crippen molar-refractivity contribution < 1.29 is 14.6 Å². The molecule has 1 aromatic rings. The summed E-state index contributed by atoms with van der Waals surface area (Å²) in [6.45, 7) is 0. The molecular formula is C9H8O4. The molecule has 13 heavy (non-hydrogen) atoms. The first kappa shape index (κ1) is 8.07. The molecule has 0 bridgehead atoms. The largest absolute Gasteiger partial charge is 0.512 e. The quantitative estimate of drug-likeness (QED) is 0.624. The fourth-order valence-corrected chi connectivity index (χ4v) is 1.39. The summed E-state index contributed by atoms with van der Waals surface area (Å²) in [4.78, 5) is 11.3. The molecule has 1 unspecified atom stereocenters. The number of hydrogen-bond acceptors (Lipinski definition) is 4. The lowest BCUT2D eigenvalue weighted by atomic mass is 9.99. The zero-order chi connectivity index (χ0) is 9.42. The predicted molar refractivity (Wildman–Crippen MR) is 45.2 cm³/mol. The highest BCUT2D eigenvalue weighted by Gasteiger charge is 2.23. The first-order valence-corrected chi connectivity index (χ1v) is 3.88. The Balaban J connectivity index is 2.69. The lowest BCUT2D eigenvalue weighted by Gasteiger charge is -2.15. The van der Waals surface area contributed by atoms with Gasteiger partial charge in [0.1, 0.15) is 5.76 Å². The molecule has 0 aliphatic heterocycles. The van der Waals surface area contributed by atoms with Gasteiger partial charge < -0.3 is 14.6 Å². The van der Waals surface area contributed by atoms with Gasteiger partial charge in [-0.2, -0.15) is 0 Å². The van der Waals surface area contributed by atoms with Crippen molar-refractivity contribution in [1.82, 2.24) is 0 Å². The van der Waals surface area contributed by atoms with Gasteiger partial charge in [0.25, 0.3) is 0 Å². The Labute approximate surface area is 73.8 Å². The third-order valence-corrected chi connectivity index (χ3v) is 1.98. The van der Waals surface area contributed by atoms with E-state index >= 15 is 0 Å². The Morgan fingerprint density at radius 3 is 3.08 bits per heavy atom. The Hall–Kier alpha value is -1.55. The van der Waals surface area contributed by atoms with Gasteiger partial charge >= 0.3 is 0 Å². The molecule has 1 aliphatic carbocycles. The average Bonchev–Trinajstić information content (AvgIpc) is 2.02. The maximum Gasteiger partial charge on any atom is 0.191 e. The van der Waals surface area contributed by atoms with E-state index in [1.54, 1.807) is 0 Å². The minimum Gasteiger partial charge on any atom is -0.512 e. The topological polar surface area (TPSA) is 70.7 Å². The van der Waals surface area contributed by atoms with E-state index in [4.69, 9.17) is 9.52 Å². The Bertz CT molecular complexity index is 416. The summed E-state index contributed by atoms with van der Waals surface area (Å²) < 4.78 is 4.97. The van der Waals surface area contributed by atoms with E-state index in [2.05, 4.69) is 0 Å². The number of fused-ring (bicyclic) bond motifs is 1.